The average molecular weight is 231 g/mol. The third kappa shape index (κ3) is 1.37. The van der Waals surface area contributed by atoms with Crippen molar-refractivity contribution in [3.63, 3.8) is 0 Å². The highest BCUT2D eigenvalue weighted by Crippen LogP contribution is 2.31. The molecule has 2 N–H and O–H groups in total. The number of oxazole rings is 1. The first-order chi connectivity index (χ1) is 7.74. The number of pyridine rings is 1. The number of nitrogens with two attached hydrogens (primary N) is 1. The zero-order chi connectivity index (χ0) is 11.1. The normalized spacial score (nSPS) is 11.1. The quantitative estimate of drug-likeness (QED) is 0.699. The summed E-state index contributed by atoms with van der Waals surface area (Å²) in [5, 5.41) is 2.63. The summed E-state index contributed by atoms with van der Waals surface area (Å²) in [4.78, 5) is 8.62. The zero-order valence-corrected chi connectivity index (χ0v) is 9.41. The van der Waals surface area contributed by atoms with E-state index in [1.165, 1.54) is 11.3 Å². The van der Waals surface area contributed by atoms with Gasteiger partial charge in [0.05, 0.1) is 10.6 Å². The lowest BCUT2D eigenvalue weighted by atomic mass is 10.3. The number of hydrogen-bond acceptors (Lipinski definition) is 5. The molecule has 3 rings (SSSR count). The highest BCUT2D eigenvalue weighted by Gasteiger charge is 2.12. The van der Waals surface area contributed by atoms with Gasteiger partial charge in [-0.15, -0.1) is 11.3 Å². The molecule has 16 heavy (non-hydrogen) atoms. The molecule has 3 aromatic rings. The van der Waals surface area contributed by atoms with E-state index in [-0.39, 0.29) is 0 Å². The molecule has 0 spiro atoms. The Balaban J connectivity index is 2.23. The molecule has 0 aliphatic heterocycles. The molecule has 0 saturated carbocycles. The highest BCUT2D eigenvalue weighted by atomic mass is 32.1. The number of nitrogen functional groups attached to an aromatic ring is 1. The van der Waals surface area contributed by atoms with E-state index in [0.29, 0.717) is 22.1 Å². The molecular weight excluding hydrogens is 222 g/mol. The number of aromatic nitrogens is 2. The van der Waals surface area contributed by atoms with Crippen LogP contribution < -0.4 is 5.73 Å². The van der Waals surface area contributed by atoms with E-state index in [9.17, 15) is 0 Å². The Morgan fingerprint density at radius 3 is 2.88 bits per heavy atom. The summed E-state index contributed by atoms with van der Waals surface area (Å²) in [5.74, 6) is 0.534. The number of anilines is 1. The Labute approximate surface area is 95.7 Å². The second-order valence-electron chi connectivity index (χ2n) is 3.49. The van der Waals surface area contributed by atoms with Crippen LogP contribution in [-0.4, -0.2) is 9.97 Å². The molecule has 3 heterocycles. The smallest absolute Gasteiger partial charge is 0.231 e. The van der Waals surface area contributed by atoms with Crippen LogP contribution in [0.2, 0.25) is 0 Å². The summed E-state index contributed by atoms with van der Waals surface area (Å²) < 4.78 is 5.60. The van der Waals surface area contributed by atoms with Crippen LogP contribution in [0.25, 0.3) is 22.7 Å². The van der Waals surface area contributed by atoms with Crippen molar-refractivity contribution in [2.24, 2.45) is 0 Å². The maximum atomic E-state index is 5.82. The number of rotatable bonds is 1. The predicted molar refractivity (Wildman–Crippen MR) is 64.3 cm³/mol. The first-order valence-electron chi connectivity index (χ1n) is 4.81. The van der Waals surface area contributed by atoms with Gasteiger partial charge in [-0.3, -0.25) is 0 Å². The van der Waals surface area contributed by atoms with Gasteiger partial charge in [0.15, 0.2) is 11.2 Å². The van der Waals surface area contributed by atoms with E-state index in [0.717, 1.165) is 11.3 Å². The van der Waals surface area contributed by atoms with Gasteiger partial charge < -0.3 is 10.2 Å². The maximum Gasteiger partial charge on any atom is 0.231 e. The van der Waals surface area contributed by atoms with Crippen molar-refractivity contribution in [3.05, 3.63) is 29.3 Å². The van der Waals surface area contributed by atoms with Crippen LogP contribution in [-0.2, 0) is 0 Å². The molecule has 80 valence electrons. The fourth-order valence-corrected chi connectivity index (χ4v) is 2.16. The molecule has 0 aromatic carbocycles. The Kier molecular flexibility index (Phi) is 1.94. The first-order valence-corrected chi connectivity index (χ1v) is 5.69. The van der Waals surface area contributed by atoms with Gasteiger partial charge in [0.2, 0.25) is 5.89 Å². The lowest BCUT2D eigenvalue weighted by Gasteiger charge is -1.90. The van der Waals surface area contributed by atoms with Gasteiger partial charge in [-0.25, -0.2) is 4.98 Å². The fourth-order valence-electron chi connectivity index (χ4n) is 1.53. The second kappa shape index (κ2) is 3.31. The minimum Gasteiger partial charge on any atom is -0.434 e. The number of fused-ring (bicyclic) bond motifs is 1. The molecule has 0 aliphatic rings. The van der Waals surface area contributed by atoms with Crippen LogP contribution in [0.5, 0.6) is 0 Å². The Morgan fingerprint density at radius 1 is 1.25 bits per heavy atom. The highest BCUT2D eigenvalue weighted by molar-refractivity contribution is 7.14. The third-order valence-electron chi connectivity index (χ3n) is 2.32. The van der Waals surface area contributed by atoms with Crippen molar-refractivity contribution in [2.75, 3.05) is 5.73 Å². The van der Waals surface area contributed by atoms with E-state index in [2.05, 4.69) is 9.97 Å². The Bertz CT molecular complexity index is 656. The molecule has 5 heteroatoms. The van der Waals surface area contributed by atoms with Crippen LogP contribution >= 0.6 is 11.3 Å². The molecule has 0 unspecified atom stereocenters. The van der Waals surface area contributed by atoms with Crippen molar-refractivity contribution in [1.82, 2.24) is 9.97 Å². The van der Waals surface area contributed by atoms with E-state index in [1.54, 1.807) is 0 Å². The number of nitrogens with zero attached hydrogens (tertiary/aromatic N) is 2. The van der Waals surface area contributed by atoms with Crippen molar-refractivity contribution < 1.29 is 4.42 Å². The van der Waals surface area contributed by atoms with Gasteiger partial charge in [0, 0.05) is 5.69 Å². The topological polar surface area (TPSA) is 64.9 Å². The van der Waals surface area contributed by atoms with Crippen LogP contribution in [0.15, 0.2) is 28.0 Å². The minimum absolute atomic E-state index is 0.534. The van der Waals surface area contributed by atoms with Crippen molar-refractivity contribution >= 4 is 27.6 Å². The average Bonchev–Trinajstić information content (AvgIpc) is 2.82. The monoisotopic (exact) mass is 231 g/mol. The largest absolute Gasteiger partial charge is 0.434 e. The molecule has 0 bridgehead atoms. The second-order valence-corrected chi connectivity index (χ2v) is 4.44. The van der Waals surface area contributed by atoms with Gasteiger partial charge in [-0.05, 0) is 30.5 Å². The van der Waals surface area contributed by atoms with Crippen LogP contribution in [0.1, 0.15) is 5.69 Å². The van der Waals surface area contributed by atoms with Crippen LogP contribution in [0.4, 0.5) is 5.00 Å². The predicted octanol–water partition coefficient (Wildman–Crippen LogP) is 2.84. The molecule has 3 aromatic heterocycles. The van der Waals surface area contributed by atoms with E-state index >= 15 is 0 Å². The summed E-state index contributed by atoms with van der Waals surface area (Å²) in [6.07, 6.45) is 0. The third-order valence-corrected chi connectivity index (χ3v) is 3.06. The first kappa shape index (κ1) is 9.35. The van der Waals surface area contributed by atoms with Crippen molar-refractivity contribution in [2.45, 2.75) is 6.92 Å². The SMILES string of the molecule is Cc1ccc2oc(-c3ccsc3N)nc2n1. The summed E-state index contributed by atoms with van der Waals surface area (Å²) >= 11 is 1.47. The van der Waals surface area contributed by atoms with E-state index in [4.69, 9.17) is 10.2 Å². The van der Waals surface area contributed by atoms with Gasteiger partial charge in [0.1, 0.15) is 0 Å². The maximum absolute atomic E-state index is 5.82. The molecule has 0 fully saturated rings. The van der Waals surface area contributed by atoms with Gasteiger partial charge in [-0.2, -0.15) is 4.98 Å². The van der Waals surface area contributed by atoms with Crippen LogP contribution in [0.3, 0.4) is 0 Å². The number of aryl methyl sites for hydroxylation is 1. The molecule has 0 atom stereocenters. The summed E-state index contributed by atoms with van der Waals surface area (Å²) in [6.45, 7) is 1.92. The van der Waals surface area contributed by atoms with Gasteiger partial charge in [0.25, 0.3) is 0 Å². The molecule has 0 radical (unpaired) electrons. The summed E-state index contributed by atoms with van der Waals surface area (Å²) in [5.41, 5.74) is 8.89. The molecular formula is C11H9N3OS. The Hall–Kier alpha value is -1.88. The number of thiophene rings is 1. The van der Waals surface area contributed by atoms with Gasteiger partial charge in [-0.1, -0.05) is 0 Å². The molecule has 4 nitrogen and oxygen atoms in total. The number of hydrogen-bond donors (Lipinski definition) is 1. The van der Waals surface area contributed by atoms with Crippen molar-refractivity contribution in [3.8, 4) is 11.5 Å². The minimum atomic E-state index is 0.534. The zero-order valence-electron chi connectivity index (χ0n) is 8.60. The van der Waals surface area contributed by atoms with E-state index < -0.39 is 0 Å². The fraction of sp³-hybridized carbons (Fsp3) is 0.0909. The summed E-state index contributed by atoms with van der Waals surface area (Å²) in [6, 6.07) is 5.67. The lowest BCUT2D eigenvalue weighted by Crippen LogP contribution is -1.83. The van der Waals surface area contributed by atoms with E-state index in [1.807, 2.05) is 30.5 Å². The molecule has 0 amide bonds. The molecule has 0 saturated heterocycles. The molecule has 0 aliphatic carbocycles. The lowest BCUT2D eigenvalue weighted by molar-refractivity contribution is 0.620. The van der Waals surface area contributed by atoms with Gasteiger partial charge >= 0.3 is 0 Å². The Morgan fingerprint density at radius 2 is 2.12 bits per heavy atom. The standard InChI is InChI=1S/C11H9N3OS/c1-6-2-3-8-10(13-6)14-11(15-8)7-4-5-16-9(7)12/h2-5H,12H2,1H3. The summed E-state index contributed by atoms with van der Waals surface area (Å²) in [7, 11) is 0. The van der Waals surface area contributed by atoms with Crippen LogP contribution in [0, 0.1) is 6.92 Å². The van der Waals surface area contributed by atoms with Crippen molar-refractivity contribution in [1.29, 1.82) is 0 Å².